The standard InChI is InChI=1S/C22H26N6/c1-17-19(27-9-5-3-7-21(27)23-17)15-25-11-13-26(14-12-25)16-20-18(2)24-22-8-4-6-10-28(20)22/h3-10H,11-16H2,1-2H3. The molecule has 4 aromatic rings. The average Bonchev–Trinajstić information content (AvgIpc) is 3.20. The lowest BCUT2D eigenvalue weighted by atomic mass is 10.2. The van der Waals surface area contributed by atoms with Crippen molar-refractivity contribution in [1.82, 2.24) is 28.6 Å². The Hall–Kier alpha value is -2.70. The van der Waals surface area contributed by atoms with Gasteiger partial charge in [0, 0.05) is 51.7 Å². The lowest BCUT2D eigenvalue weighted by molar-refractivity contribution is 0.119. The van der Waals surface area contributed by atoms with Gasteiger partial charge in [0.1, 0.15) is 11.3 Å². The van der Waals surface area contributed by atoms with E-state index in [9.17, 15) is 0 Å². The Morgan fingerprint density at radius 1 is 0.679 bits per heavy atom. The van der Waals surface area contributed by atoms with Crippen LogP contribution in [0.25, 0.3) is 11.3 Å². The summed E-state index contributed by atoms with van der Waals surface area (Å²) in [6.45, 7) is 10.5. The Bertz CT molecular complexity index is 1030. The molecule has 0 N–H and O–H groups in total. The van der Waals surface area contributed by atoms with E-state index in [1.165, 1.54) is 11.4 Å². The van der Waals surface area contributed by atoms with E-state index in [0.717, 1.165) is 62.0 Å². The van der Waals surface area contributed by atoms with Gasteiger partial charge in [0.05, 0.1) is 22.8 Å². The van der Waals surface area contributed by atoms with E-state index in [1.807, 2.05) is 12.1 Å². The van der Waals surface area contributed by atoms with Gasteiger partial charge >= 0.3 is 0 Å². The first-order valence-electron chi connectivity index (χ1n) is 9.99. The van der Waals surface area contributed by atoms with Crippen molar-refractivity contribution in [1.29, 1.82) is 0 Å². The third-order valence-corrected chi connectivity index (χ3v) is 5.87. The van der Waals surface area contributed by atoms with Gasteiger partial charge in [-0.3, -0.25) is 9.80 Å². The van der Waals surface area contributed by atoms with Crippen LogP contribution in [0.3, 0.4) is 0 Å². The van der Waals surface area contributed by atoms with Crippen LogP contribution < -0.4 is 0 Å². The van der Waals surface area contributed by atoms with Crippen molar-refractivity contribution in [3.63, 3.8) is 0 Å². The van der Waals surface area contributed by atoms with Gasteiger partial charge in [-0.2, -0.15) is 0 Å². The number of hydrogen-bond donors (Lipinski definition) is 0. The highest BCUT2D eigenvalue weighted by molar-refractivity contribution is 5.43. The highest BCUT2D eigenvalue weighted by Gasteiger charge is 2.21. The second kappa shape index (κ2) is 7.04. The summed E-state index contributed by atoms with van der Waals surface area (Å²) in [6.07, 6.45) is 4.24. The number of aromatic nitrogens is 4. The fraction of sp³-hybridized carbons (Fsp3) is 0.364. The Kier molecular flexibility index (Phi) is 4.37. The summed E-state index contributed by atoms with van der Waals surface area (Å²) in [6, 6.07) is 12.4. The van der Waals surface area contributed by atoms with Crippen molar-refractivity contribution in [3.8, 4) is 0 Å². The lowest BCUT2D eigenvalue weighted by Crippen LogP contribution is -2.45. The Morgan fingerprint density at radius 3 is 1.54 bits per heavy atom. The largest absolute Gasteiger partial charge is 0.302 e. The van der Waals surface area contributed by atoms with Crippen LogP contribution in [0.2, 0.25) is 0 Å². The average molecular weight is 374 g/mol. The summed E-state index contributed by atoms with van der Waals surface area (Å²) in [5.74, 6) is 0. The van der Waals surface area contributed by atoms with E-state index < -0.39 is 0 Å². The lowest BCUT2D eigenvalue weighted by Gasteiger charge is -2.34. The van der Waals surface area contributed by atoms with E-state index in [-0.39, 0.29) is 0 Å². The van der Waals surface area contributed by atoms with Gasteiger partial charge < -0.3 is 8.80 Å². The molecule has 0 saturated carbocycles. The van der Waals surface area contributed by atoms with Gasteiger partial charge in [-0.05, 0) is 38.1 Å². The van der Waals surface area contributed by atoms with Crippen LogP contribution >= 0.6 is 0 Å². The third-order valence-electron chi connectivity index (χ3n) is 5.87. The highest BCUT2D eigenvalue weighted by atomic mass is 15.3. The molecule has 6 heteroatoms. The summed E-state index contributed by atoms with van der Waals surface area (Å²) in [5, 5.41) is 0. The van der Waals surface area contributed by atoms with E-state index >= 15 is 0 Å². The summed E-state index contributed by atoms with van der Waals surface area (Å²) >= 11 is 0. The summed E-state index contributed by atoms with van der Waals surface area (Å²) in [4.78, 5) is 14.5. The Balaban J connectivity index is 1.26. The molecule has 0 aliphatic carbocycles. The molecule has 0 unspecified atom stereocenters. The summed E-state index contributed by atoms with van der Waals surface area (Å²) in [5.41, 5.74) is 6.96. The molecule has 5 heterocycles. The third kappa shape index (κ3) is 3.08. The van der Waals surface area contributed by atoms with Crippen molar-refractivity contribution < 1.29 is 0 Å². The molecule has 0 radical (unpaired) electrons. The molecule has 5 rings (SSSR count). The molecule has 28 heavy (non-hydrogen) atoms. The first-order valence-corrected chi connectivity index (χ1v) is 9.99. The summed E-state index contributed by atoms with van der Waals surface area (Å²) < 4.78 is 4.45. The molecule has 1 saturated heterocycles. The van der Waals surface area contributed by atoms with Crippen LogP contribution in [0.4, 0.5) is 0 Å². The van der Waals surface area contributed by atoms with E-state index in [0.29, 0.717) is 0 Å². The topological polar surface area (TPSA) is 41.1 Å². The summed E-state index contributed by atoms with van der Waals surface area (Å²) in [7, 11) is 0. The zero-order chi connectivity index (χ0) is 19.1. The van der Waals surface area contributed by atoms with Crippen LogP contribution in [0, 0.1) is 13.8 Å². The van der Waals surface area contributed by atoms with Crippen LogP contribution in [0.15, 0.2) is 48.8 Å². The molecule has 4 aromatic heterocycles. The molecule has 1 fully saturated rings. The molecule has 0 amide bonds. The highest BCUT2D eigenvalue weighted by Crippen LogP contribution is 2.18. The number of pyridine rings is 2. The predicted molar refractivity (Wildman–Crippen MR) is 110 cm³/mol. The normalized spacial score (nSPS) is 16.4. The van der Waals surface area contributed by atoms with Gasteiger partial charge in [-0.15, -0.1) is 0 Å². The number of rotatable bonds is 4. The second-order valence-electron chi connectivity index (χ2n) is 7.70. The zero-order valence-electron chi connectivity index (χ0n) is 16.5. The number of hydrogen-bond acceptors (Lipinski definition) is 4. The fourth-order valence-electron chi connectivity index (χ4n) is 4.24. The monoisotopic (exact) mass is 374 g/mol. The molecular formula is C22H26N6. The fourth-order valence-corrected chi connectivity index (χ4v) is 4.24. The van der Waals surface area contributed by atoms with E-state index in [4.69, 9.17) is 9.97 Å². The number of imidazole rings is 2. The number of nitrogens with zero attached hydrogens (tertiary/aromatic N) is 6. The maximum atomic E-state index is 4.70. The van der Waals surface area contributed by atoms with Crippen LogP contribution in [-0.2, 0) is 13.1 Å². The van der Waals surface area contributed by atoms with Crippen LogP contribution in [0.1, 0.15) is 22.8 Å². The van der Waals surface area contributed by atoms with Gasteiger partial charge in [0.25, 0.3) is 0 Å². The molecule has 144 valence electrons. The number of piperazine rings is 1. The first kappa shape index (κ1) is 17.4. The van der Waals surface area contributed by atoms with Gasteiger partial charge in [-0.1, -0.05) is 12.1 Å². The Labute approximate surface area is 165 Å². The Morgan fingerprint density at radius 2 is 1.11 bits per heavy atom. The molecular weight excluding hydrogens is 348 g/mol. The first-order chi connectivity index (χ1) is 13.7. The minimum absolute atomic E-state index is 0.958. The maximum Gasteiger partial charge on any atom is 0.137 e. The van der Waals surface area contributed by atoms with Crippen molar-refractivity contribution in [2.45, 2.75) is 26.9 Å². The molecule has 1 aliphatic heterocycles. The van der Waals surface area contributed by atoms with Gasteiger partial charge in [0.2, 0.25) is 0 Å². The predicted octanol–water partition coefficient (Wildman–Crippen LogP) is 2.92. The van der Waals surface area contributed by atoms with Crippen LogP contribution in [0.5, 0.6) is 0 Å². The van der Waals surface area contributed by atoms with E-state index in [2.05, 4.69) is 69.1 Å². The van der Waals surface area contributed by atoms with E-state index in [1.54, 1.807) is 0 Å². The smallest absolute Gasteiger partial charge is 0.137 e. The maximum absolute atomic E-state index is 4.70. The molecule has 6 nitrogen and oxygen atoms in total. The molecule has 0 bridgehead atoms. The molecule has 0 spiro atoms. The minimum atomic E-state index is 0.958. The van der Waals surface area contributed by atoms with Gasteiger partial charge in [-0.25, -0.2) is 9.97 Å². The number of aryl methyl sites for hydroxylation is 2. The van der Waals surface area contributed by atoms with Crippen molar-refractivity contribution in [2.75, 3.05) is 26.2 Å². The molecule has 0 atom stereocenters. The second-order valence-corrected chi connectivity index (χ2v) is 7.70. The zero-order valence-corrected chi connectivity index (χ0v) is 16.5. The van der Waals surface area contributed by atoms with Gasteiger partial charge in [0.15, 0.2) is 0 Å². The quantitative estimate of drug-likeness (QED) is 0.551. The van der Waals surface area contributed by atoms with Crippen LogP contribution in [-0.4, -0.2) is 54.7 Å². The van der Waals surface area contributed by atoms with Crippen molar-refractivity contribution >= 4 is 11.3 Å². The van der Waals surface area contributed by atoms with Crippen molar-refractivity contribution in [2.24, 2.45) is 0 Å². The number of fused-ring (bicyclic) bond motifs is 2. The molecule has 0 aromatic carbocycles. The molecule has 1 aliphatic rings. The SMILES string of the molecule is Cc1nc2ccccn2c1CN1CCN(Cc2c(C)nc3ccccn23)CC1. The van der Waals surface area contributed by atoms with Crippen molar-refractivity contribution in [3.05, 3.63) is 71.6 Å². The minimum Gasteiger partial charge on any atom is -0.302 e.